The average molecular weight is 270 g/mol. The first-order valence-corrected chi connectivity index (χ1v) is 6.59. The molecule has 2 rings (SSSR count). The van der Waals surface area contributed by atoms with E-state index in [0.717, 1.165) is 17.0 Å². The van der Waals surface area contributed by atoms with Gasteiger partial charge in [0.25, 0.3) is 0 Å². The predicted molar refractivity (Wildman–Crippen MR) is 69.5 cm³/mol. The highest BCUT2D eigenvalue weighted by molar-refractivity contribution is 7.79. The van der Waals surface area contributed by atoms with Crippen LogP contribution in [-0.4, -0.2) is 28.3 Å². The van der Waals surface area contributed by atoms with Crippen LogP contribution in [-0.2, 0) is 23.5 Å². The molecule has 0 aliphatic carbocycles. The number of ether oxygens (including phenoxy) is 1. The maximum absolute atomic E-state index is 12.0. The minimum Gasteiger partial charge on any atom is -0.444 e. The van der Waals surface area contributed by atoms with E-state index in [-0.39, 0.29) is 6.09 Å². The molecule has 0 bridgehead atoms. The zero-order chi connectivity index (χ0) is 13.3. The fourth-order valence-corrected chi connectivity index (χ4v) is 2.12. The summed E-state index contributed by atoms with van der Waals surface area (Å²) in [5.74, 6) is 1.37. The van der Waals surface area contributed by atoms with Gasteiger partial charge in [0.2, 0.25) is 0 Å². The number of hydrogen-bond acceptors (Lipinski definition) is 5. The monoisotopic (exact) mass is 270 g/mol. The third-order valence-corrected chi connectivity index (χ3v) is 3.01. The summed E-state index contributed by atoms with van der Waals surface area (Å²) in [6, 6.07) is 0. The molecule has 1 aromatic heterocycles. The van der Waals surface area contributed by atoms with Crippen molar-refractivity contribution in [2.75, 3.05) is 6.54 Å². The normalized spacial score (nSPS) is 15.4. The number of hydrogen-bond donors (Lipinski definition) is 1. The highest BCUT2D eigenvalue weighted by Gasteiger charge is 2.29. The third-order valence-electron chi connectivity index (χ3n) is 2.71. The molecule has 0 saturated carbocycles. The quantitative estimate of drug-likeness (QED) is 0.796. The molecule has 1 amide bonds. The van der Waals surface area contributed by atoms with Crippen LogP contribution in [0.3, 0.4) is 0 Å². The Morgan fingerprint density at radius 2 is 2.28 bits per heavy atom. The van der Waals surface area contributed by atoms with Crippen LogP contribution in [0, 0.1) is 0 Å². The van der Waals surface area contributed by atoms with Crippen LogP contribution in [0.1, 0.15) is 37.8 Å². The molecule has 0 saturated heterocycles. The molecule has 5 nitrogen and oxygen atoms in total. The van der Waals surface area contributed by atoms with E-state index in [0.29, 0.717) is 25.3 Å². The number of rotatable bonds is 1. The van der Waals surface area contributed by atoms with Crippen LogP contribution in [0.15, 0.2) is 4.52 Å². The molecule has 100 valence electrons. The Morgan fingerprint density at radius 1 is 1.56 bits per heavy atom. The van der Waals surface area contributed by atoms with Crippen LogP contribution in [0.4, 0.5) is 4.79 Å². The first-order chi connectivity index (χ1) is 8.40. The van der Waals surface area contributed by atoms with Gasteiger partial charge < -0.3 is 14.2 Å². The van der Waals surface area contributed by atoms with Gasteiger partial charge in [-0.15, -0.1) is 0 Å². The summed E-state index contributed by atoms with van der Waals surface area (Å²) >= 11 is 4.20. The first kappa shape index (κ1) is 13.3. The summed E-state index contributed by atoms with van der Waals surface area (Å²) in [5, 5.41) is 3.95. The van der Waals surface area contributed by atoms with Crippen LogP contribution in [0.2, 0.25) is 0 Å². The standard InChI is InChI=1S/C12H18N2O3S/c1-12(2,3)16-11(15)14-5-4-10-8(6-14)9(7-18)13-17-10/h18H,4-7H2,1-3H3. The molecular formula is C12H18N2O3S. The molecule has 2 heterocycles. The Labute approximate surface area is 112 Å². The predicted octanol–water partition coefficient (Wildman–Crippen LogP) is 2.40. The van der Waals surface area contributed by atoms with Crippen molar-refractivity contribution in [1.82, 2.24) is 10.1 Å². The summed E-state index contributed by atoms with van der Waals surface area (Å²) in [4.78, 5) is 13.7. The van der Waals surface area contributed by atoms with E-state index in [2.05, 4.69) is 17.8 Å². The number of amides is 1. The lowest BCUT2D eigenvalue weighted by atomic mass is 10.1. The van der Waals surface area contributed by atoms with E-state index in [1.807, 2.05) is 20.8 Å². The SMILES string of the molecule is CC(C)(C)OC(=O)N1CCc2onc(CS)c2C1. The molecule has 1 aliphatic rings. The molecular weight excluding hydrogens is 252 g/mol. The molecule has 0 aromatic carbocycles. The van der Waals surface area contributed by atoms with E-state index < -0.39 is 5.60 Å². The number of carbonyl (C=O) groups is 1. The van der Waals surface area contributed by atoms with Crippen molar-refractivity contribution in [2.45, 2.75) is 45.1 Å². The van der Waals surface area contributed by atoms with Crippen molar-refractivity contribution in [2.24, 2.45) is 0 Å². The largest absolute Gasteiger partial charge is 0.444 e. The van der Waals surface area contributed by atoms with Gasteiger partial charge in [0.05, 0.1) is 12.2 Å². The van der Waals surface area contributed by atoms with E-state index in [1.54, 1.807) is 4.90 Å². The van der Waals surface area contributed by atoms with E-state index in [9.17, 15) is 4.79 Å². The molecule has 0 atom stereocenters. The zero-order valence-electron chi connectivity index (χ0n) is 10.9. The van der Waals surface area contributed by atoms with Gasteiger partial charge in [-0.05, 0) is 20.8 Å². The summed E-state index contributed by atoms with van der Waals surface area (Å²) in [7, 11) is 0. The summed E-state index contributed by atoms with van der Waals surface area (Å²) in [6.07, 6.45) is 0.384. The van der Waals surface area contributed by atoms with Crippen molar-refractivity contribution in [1.29, 1.82) is 0 Å². The average Bonchev–Trinajstić information content (AvgIpc) is 2.68. The van der Waals surface area contributed by atoms with Gasteiger partial charge >= 0.3 is 6.09 Å². The van der Waals surface area contributed by atoms with Crippen LogP contribution in [0.25, 0.3) is 0 Å². The minimum absolute atomic E-state index is 0.292. The topological polar surface area (TPSA) is 55.6 Å². The summed E-state index contributed by atoms with van der Waals surface area (Å²) < 4.78 is 10.6. The Balaban J connectivity index is 2.09. The van der Waals surface area contributed by atoms with Gasteiger partial charge in [0, 0.05) is 24.3 Å². The van der Waals surface area contributed by atoms with E-state index >= 15 is 0 Å². The van der Waals surface area contributed by atoms with Gasteiger partial charge in [0.1, 0.15) is 11.4 Å². The molecule has 0 fully saturated rings. The number of thiol groups is 1. The molecule has 6 heteroatoms. The highest BCUT2D eigenvalue weighted by atomic mass is 32.1. The highest BCUT2D eigenvalue weighted by Crippen LogP contribution is 2.24. The van der Waals surface area contributed by atoms with Crippen LogP contribution < -0.4 is 0 Å². The Hall–Kier alpha value is -1.17. The molecule has 0 radical (unpaired) electrons. The zero-order valence-corrected chi connectivity index (χ0v) is 11.8. The lowest BCUT2D eigenvalue weighted by molar-refractivity contribution is 0.0218. The molecule has 1 aliphatic heterocycles. The second kappa shape index (κ2) is 4.84. The Bertz CT molecular complexity index is 437. The van der Waals surface area contributed by atoms with Crippen LogP contribution in [0.5, 0.6) is 0 Å². The molecule has 1 aromatic rings. The maximum atomic E-state index is 12.0. The van der Waals surface area contributed by atoms with Crippen LogP contribution >= 0.6 is 12.6 Å². The smallest absolute Gasteiger partial charge is 0.410 e. The van der Waals surface area contributed by atoms with Gasteiger partial charge in [-0.2, -0.15) is 12.6 Å². The number of carbonyl (C=O) groups excluding carboxylic acids is 1. The summed E-state index contributed by atoms with van der Waals surface area (Å²) in [6.45, 7) is 6.67. The molecule has 0 unspecified atom stereocenters. The number of nitrogens with zero attached hydrogens (tertiary/aromatic N) is 2. The lowest BCUT2D eigenvalue weighted by Gasteiger charge is -2.29. The van der Waals surface area contributed by atoms with Gasteiger partial charge in [0.15, 0.2) is 0 Å². The van der Waals surface area contributed by atoms with Crippen molar-refractivity contribution in [3.05, 3.63) is 17.0 Å². The van der Waals surface area contributed by atoms with Crippen molar-refractivity contribution >= 4 is 18.7 Å². The van der Waals surface area contributed by atoms with Gasteiger partial charge in [-0.3, -0.25) is 0 Å². The minimum atomic E-state index is -0.474. The van der Waals surface area contributed by atoms with Gasteiger partial charge in [-0.25, -0.2) is 4.79 Å². The van der Waals surface area contributed by atoms with Crippen molar-refractivity contribution in [3.63, 3.8) is 0 Å². The molecule has 0 spiro atoms. The van der Waals surface area contributed by atoms with E-state index in [1.165, 1.54) is 0 Å². The molecule has 0 N–H and O–H groups in total. The number of aromatic nitrogens is 1. The lowest BCUT2D eigenvalue weighted by Crippen LogP contribution is -2.39. The van der Waals surface area contributed by atoms with E-state index in [4.69, 9.17) is 9.26 Å². The first-order valence-electron chi connectivity index (χ1n) is 5.96. The van der Waals surface area contributed by atoms with Crippen molar-refractivity contribution in [3.8, 4) is 0 Å². The Morgan fingerprint density at radius 3 is 2.89 bits per heavy atom. The number of fused-ring (bicyclic) bond motifs is 1. The summed E-state index contributed by atoms with van der Waals surface area (Å²) in [5.41, 5.74) is 1.31. The fraction of sp³-hybridized carbons (Fsp3) is 0.667. The van der Waals surface area contributed by atoms with Gasteiger partial charge in [-0.1, -0.05) is 5.16 Å². The second-order valence-corrected chi connectivity index (χ2v) is 5.66. The fourth-order valence-electron chi connectivity index (χ4n) is 1.87. The Kier molecular flexibility index (Phi) is 3.56. The third kappa shape index (κ3) is 2.80. The second-order valence-electron chi connectivity index (χ2n) is 5.34. The van der Waals surface area contributed by atoms with Crippen molar-refractivity contribution < 1.29 is 14.1 Å². The maximum Gasteiger partial charge on any atom is 0.410 e. The molecule has 18 heavy (non-hydrogen) atoms.